The lowest BCUT2D eigenvalue weighted by molar-refractivity contribution is 0.0650. The van der Waals surface area contributed by atoms with Crippen molar-refractivity contribution in [1.82, 2.24) is 4.90 Å². The summed E-state index contributed by atoms with van der Waals surface area (Å²) in [5.74, 6) is 0.816. The number of nitrogens with zero attached hydrogens (tertiary/aromatic N) is 1. The van der Waals surface area contributed by atoms with Gasteiger partial charge in [-0.05, 0) is 25.3 Å². The number of hydrogen-bond donors (Lipinski definition) is 2. The molecular formula is C10H21NO2. The lowest BCUT2D eigenvalue weighted by atomic mass is 10.0. The van der Waals surface area contributed by atoms with Crippen molar-refractivity contribution in [2.75, 3.05) is 26.2 Å². The Bertz CT molecular complexity index is 141. The molecule has 2 unspecified atom stereocenters. The molecule has 0 spiro atoms. The second kappa shape index (κ2) is 5.58. The van der Waals surface area contributed by atoms with Crippen LogP contribution in [0.2, 0.25) is 0 Å². The number of β-amino-alcohol motifs (C(OH)–C–C–N with tert-alkyl or cyclic N) is 1. The molecule has 0 radical (unpaired) electrons. The molecule has 1 heterocycles. The first-order valence-corrected chi connectivity index (χ1v) is 5.27. The molecule has 1 aliphatic rings. The van der Waals surface area contributed by atoms with Gasteiger partial charge in [-0.1, -0.05) is 13.3 Å². The highest BCUT2D eigenvalue weighted by Gasteiger charge is 2.22. The van der Waals surface area contributed by atoms with Crippen LogP contribution in [0.3, 0.4) is 0 Å². The Labute approximate surface area is 80.4 Å². The van der Waals surface area contributed by atoms with Gasteiger partial charge in [-0.2, -0.15) is 0 Å². The first kappa shape index (κ1) is 11.0. The van der Waals surface area contributed by atoms with Gasteiger partial charge in [0.15, 0.2) is 0 Å². The van der Waals surface area contributed by atoms with Gasteiger partial charge >= 0.3 is 0 Å². The van der Waals surface area contributed by atoms with Crippen LogP contribution < -0.4 is 0 Å². The Kier molecular flexibility index (Phi) is 4.70. The first-order valence-electron chi connectivity index (χ1n) is 5.27. The number of hydrogen-bond acceptors (Lipinski definition) is 3. The third kappa shape index (κ3) is 3.63. The third-order valence-electron chi connectivity index (χ3n) is 2.75. The maximum atomic E-state index is 9.24. The predicted octanol–water partition coefficient (Wildman–Crippen LogP) is 0.462. The molecule has 0 aromatic heterocycles. The van der Waals surface area contributed by atoms with E-state index >= 15 is 0 Å². The zero-order valence-electron chi connectivity index (χ0n) is 8.45. The Morgan fingerprint density at radius 2 is 2.31 bits per heavy atom. The highest BCUT2D eigenvalue weighted by atomic mass is 16.3. The third-order valence-corrected chi connectivity index (χ3v) is 2.75. The van der Waals surface area contributed by atoms with E-state index in [1.807, 2.05) is 0 Å². The first-order chi connectivity index (χ1) is 6.26. The van der Waals surface area contributed by atoms with Crippen molar-refractivity contribution in [3.05, 3.63) is 0 Å². The van der Waals surface area contributed by atoms with Crippen LogP contribution >= 0.6 is 0 Å². The van der Waals surface area contributed by atoms with Crippen molar-refractivity contribution in [3.63, 3.8) is 0 Å². The SMILES string of the molecule is CCCC1CCN(CC(O)CO)C1. The molecule has 2 N–H and O–H groups in total. The van der Waals surface area contributed by atoms with Crippen LogP contribution in [0, 0.1) is 5.92 Å². The lowest BCUT2D eigenvalue weighted by Crippen LogP contribution is -2.32. The van der Waals surface area contributed by atoms with Gasteiger partial charge in [0.05, 0.1) is 12.7 Å². The maximum absolute atomic E-state index is 9.24. The molecule has 2 atom stereocenters. The van der Waals surface area contributed by atoms with Gasteiger partial charge in [-0.15, -0.1) is 0 Å². The zero-order chi connectivity index (χ0) is 9.68. The summed E-state index contributed by atoms with van der Waals surface area (Å²) in [5, 5.41) is 17.9. The highest BCUT2D eigenvalue weighted by Crippen LogP contribution is 2.20. The minimum Gasteiger partial charge on any atom is -0.394 e. The smallest absolute Gasteiger partial charge is 0.0897 e. The number of rotatable bonds is 5. The summed E-state index contributed by atoms with van der Waals surface area (Å²) in [6, 6.07) is 0. The van der Waals surface area contributed by atoms with Crippen LogP contribution in [0.15, 0.2) is 0 Å². The summed E-state index contributed by atoms with van der Waals surface area (Å²) >= 11 is 0. The fourth-order valence-electron chi connectivity index (χ4n) is 2.08. The lowest BCUT2D eigenvalue weighted by Gasteiger charge is -2.18. The summed E-state index contributed by atoms with van der Waals surface area (Å²) in [7, 11) is 0. The predicted molar refractivity (Wildman–Crippen MR) is 52.5 cm³/mol. The van der Waals surface area contributed by atoms with Crippen LogP contribution in [-0.2, 0) is 0 Å². The summed E-state index contributed by atoms with van der Waals surface area (Å²) in [6.07, 6.45) is 3.25. The van der Waals surface area contributed by atoms with E-state index in [0.29, 0.717) is 6.54 Å². The van der Waals surface area contributed by atoms with Crippen molar-refractivity contribution >= 4 is 0 Å². The van der Waals surface area contributed by atoms with Gasteiger partial charge in [-0.25, -0.2) is 0 Å². The Hall–Kier alpha value is -0.120. The summed E-state index contributed by atoms with van der Waals surface area (Å²) in [5.41, 5.74) is 0. The van der Waals surface area contributed by atoms with E-state index in [1.54, 1.807) is 0 Å². The molecule has 0 aromatic carbocycles. The van der Waals surface area contributed by atoms with Crippen molar-refractivity contribution < 1.29 is 10.2 Å². The van der Waals surface area contributed by atoms with Crippen LogP contribution in [0.1, 0.15) is 26.2 Å². The van der Waals surface area contributed by atoms with E-state index in [4.69, 9.17) is 5.11 Å². The molecule has 0 bridgehead atoms. The fraction of sp³-hybridized carbons (Fsp3) is 1.00. The van der Waals surface area contributed by atoms with Crippen molar-refractivity contribution in [1.29, 1.82) is 0 Å². The van der Waals surface area contributed by atoms with Crippen molar-refractivity contribution in [2.24, 2.45) is 5.92 Å². The molecule has 78 valence electrons. The zero-order valence-corrected chi connectivity index (χ0v) is 8.45. The molecule has 3 nitrogen and oxygen atoms in total. The second-order valence-electron chi connectivity index (χ2n) is 4.04. The Morgan fingerprint density at radius 3 is 2.92 bits per heavy atom. The summed E-state index contributed by atoms with van der Waals surface area (Å²) in [4.78, 5) is 2.25. The summed E-state index contributed by atoms with van der Waals surface area (Å²) < 4.78 is 0. The monoisotopic (exact) mass is 187 g/mol. The molecule has 1 saturated heterocycles. The molecular weight excluding hydrogens is 166 g/mol. The highest BCUT2D eigenvalue weighted by molar-refractivity contribution is 4.76. The average Bonchev–Trinajstić information content (AvgIpc) is 2.53. The Morgan fingerprint density at radius 1 is 1.54 bits per heavy atom. The minimum absolute atomic E-state index is 0.116. The van der Waals surface area contributed by atoms with Gasteiger partial charge in [0.25, 0.3) is 0 Å². The van der Waals surface area contributed by atoms with E-state index in [-0.39, 0.29) is 6.61 Å². The fourth-order valence-corrected chi connectivity index (χ4v) is 2.08. The van der Waals surface area contributed by atoms with E-state index in [1.165, 1.54) is 19.3 Å². The molecule has 1 rings (SSSR count). The molecule has 1 fully saturated rings. The van der Waals surface area contributed by atoms with Gasteiger partial charge < -0.3 is 15.1 Å². The molecule has 13 heavy (non-hydrogen) atoms. The van der Waals surface area contributed by atoms with Gasteiger partial charge in [0, 0.05) is 13.1 Å². The van der Waals surface area contributed by atoms with E-state index < -0.39 is 6.10 Å². The average molecular weight is 187 g/mol. The van der Waals surface area contributed by atoms with Gasteiger partial charge in [0.2, 0.25) is 0 Å². The standard InChI is InChI=1S/C10H21NO2/c1-2-3-9-4-5-11(6-9)7-10(13)8-12/h9-10,12-13H,2-8H2,1H3. The van der Waals surface area contributed by atoms with Gasteiger partial charge in [-0.3, -0.25) is 0 Å². The normalized spacial score (nSPS) is 26.5. The number of aliphatic hydroxyl groups excluding tert-OH is 2. The van der Waals surface area contributed by atoms with E-state index in [0.717, 1.165) is 19.0 Å². The van der Waals surface area contributed by atoms with Crippen molar-refractivity contribution in [3.8, 4) is 0 Å². The summed E-state index contributed by atoms with van der Waals surface area (Å²) in [6.45, 7) is 4.92. The topological polar surface area (TPSA) is 43.7 Å². The number of aliphatic hydroxyl groups is 2. The minimum atomic E-state index is -0.555. The van der Waals surface area contributed by atoms with E-state index in [2.05, 4.69) is 11.8 Å². The molecule has 0 amide bonds. The van der Waals surface area contributed by atoms with E-state index in [9.17, 15) is 5.11 Å². The second-order valence-corrected chi connectivity index (χ2v) is 4.04. The molecule has 3 heteroatoms. The van der Waals surface area contributed by atoms with Gasteiger partial charge in [0.1, 0.15) is 0 Å². The van der Waals surface area contributed by atoms with Crippen LogP contribution in [0.4, 0.5) is 0 Å². The molecule has 0 aromatic rings. The van der Waals surface area contributed by atoms with Crippen LogP contribution in [0.25, 0.3) is 0 Å². The maximum Gasteiger partial charge on any atom is 0.0897 e. The van der Waals surface area contributed by atoms with Crippen LogP contribution in [0.5, 0.6) is 0 Å². The molecule has 1 aliphatic heterocycles. The largest absolute Gasteiger partial charge is 0.394 e. The van der Waals surface area contributed by atoms with Crippen molar-refractivity contribution in [2.45, 2.75) is 32.3 Å². The quantitative estimate of drug-likeness (QED) is 0.657. The van der Waals surface area contributed by atoms with Crippen LogP contribution in [-0.4, -0.2) is 47.5 Å². The molecule has 0 aliphatic carbocycles. The number of likely N-dealkylation sites (tertiary alicyclic amines) is 1. The molecule has 0 saturated carbocycles. The Balaban J connectivity index is 2.17.